The average Bonchev–Trinajstić information content (AvgIpc) is 2.47. The summed E-state index contributed by atoms with van der Waals surface area (Å²) in [5.74, 6) is 0. The van der Waals surface area contributed by atoms with Crippen molar-refractivity contribution in [1.29, 1.82) is 0 Å². The molecule has 1 fully saturated rings. The monoisotopic (exact) mass is 278 g/mol. The fraction of sp³-hybridized carbons (Fsp3) is 0.625. The van der Waals surface area contributed by atoms with Crippen molar-refractivity contribution in [3.63, 3.8) is 0 Å². The summed E-state index contributed by atoms with van der Waals surface area (Å²) in [6, 6.07) is 8.79. The zero-order chi connectivity index (χ0) is 14.4. The van der Waals surface area contributed by atoms with Gasteiger partial charge in [0.2, 0.25) is 0 Å². The molecule has 0 bridgehead atoms. The molecule has 1 unspecified atom stereocenters. The average molecular weight is 278 g/mol. The number of morpholine rings is 1. The molecule has 0 aromatic heterocycles. The van der Waals surface area contributed by atoms with Gasteiger partial charge in [0, 0.05) is 31.9 Å². The van der Waals surface area contributed by atoms with Crippen molar-refractivity contribution in [3.05, 3.63) is 29.8 Å². The van der Waals surface area contributed by atoms with Crippen molar-refractivity contribution >= 4 is 5.69 Å². The highest BCUT2D eigenvalue weighted by Gasteiger charge is 2.11. The number of benzene rings is 1. The van der Waals surface area contributed by atoms with Crippen LogP contribution in [0.1, 0.15) is 18.9 Å². The Labute approximate surface area is 122 Å². The second-order valence-corrected chi connectivity index (χ2v) is 5.64. The molecule has 0 radical (unpaired) electrons. The molecule has 0 aliphatic carbocycles. The number of rotatable bonds is 6. The van der Waals surface area contributed by atoms with E-state index in [2.05, 4.69) is 41.1 Å². The third-order valence-electron chi connectivity index (χ3n) is 3.69. The number of nitrogens with zero attached hydrogens (tertiary/aromatic N) is 2. The molecule has 1 aliphatic heterocycles. The van der Waals surface area contributed by atoms with Gasteiger partial charge in [0.15, 0.2) is 0 Å². The topological polar surface area (TPSA) is 35.9 Å². The Hall–Kier alpha value is -1.10. The molecule has 0 spiro atoms. The Morgan fingerprint density at radius 1 is 1.25 bits per heavy atom. The summed E-state index contributed by atoms with van der Waals surface area (Å²) in [5, 5.41) is 9.31. The highest BCUT2D eigenvalue weighted by Crippen LogP contribution is 2.17. The van der Waals surface area contributed by atoms with Crippen LogP contribution in [0.3, 0.4) is 0 Å². The SMILES string of the molecule is CC(O)CCN(C)Cc1ccc(N2CCOCC2)cc1. The fourth-order valence-corrected chi connectivity index (χ4v) is 2.43. The highest BCUT2D eigenvalue weighted by atomic mass is 16.5. The van der Waals surface area contributed by atoms with Crippen LogP contribution in [0, 0.1) is 0 Å². The molecular weight excluding hydrogens is 252 g/mol. The summed E-state index contributed by atoms with van der Waals surface area (Å²) in [6.45, 7) is 7.29. The van der Waals surface area contributed by atoms with Crippen LogP contribution < -0.4 is 4.90 Å². The van der Waals surface area contributed by atoms with Gasteiger partial charge in [-0.15, -0.1) is 0 Å². The molecule has 0 saturated carbocycles. The van der Waals surface area contributed by atoms with Crippen LogP contribution in [0.2, 0.25) is 0 Å². The number of anilines is 1. The molecule has 1 atom stereocenters. The second kappa shape index (κ2) is 7.62. The van der Waals surface area contributed by atoms with E-state index in [1.165, 1.54) is 11.3 Å². The lowest BCUT2D eigenvalue weighted by Crippen LogP contribution is -2.36. The summed E-state index contributed by atoms with van der Waals surface area (Å²) < 4.78 is 5.37. The lowest BCUT2D eigenvalue weighted by atomic mass is 10.1. The third-order valence-corrected chi connectivity index (χ3v) is 3.69. The van der Waals surface area contributed by atoms with E-state index in [1.54, 1.807) is 0 Å². The summed E-state index contributed by atoms with van der Waals surface area (Å²) in [4.78, 5) is 4.61. The van der Waals surface area contributed by atoms with Crippen molar-refractivity contribution in [2.24, 2.45) is 0 Å². The molecule has 1 heterocycles. The molecule has 1 aromatic rings. The quantitative estimate of drug-likeness (QED) is 0.859. The van der Waals surface area contributed by atoms with Crippen molar-refractivity contribution < 1.29 is 9.84 Å². The highest BCUT2D eigenvalue weighted by molar-refractivity contribution is 5.47. The van der Waals surface area contributed by atoms with Crippen LogP contribution in [-0.2, 0) is 11.3 Å². The molecule has 1 aromatic carbocycles. The smallest absolute Gasteiger partial charge is 0.0642 e. The van der Waals surface area contributed by atoms with Gasteiger partial charge in [-0.3, -0.25) is 0 Å². The van der Waals surface area contributed by atoms with Gasteiger partial charge >= 0.3 is 0 Å². The molecule has 2 rings (SSSR count). The van der Waals surface area contributed by atoms with Crippen LogP contribution in [0.15, 0.2) is 24.3 Å². The third kappa shape index (κ3) is 4.78. The van der Waals surface area contributed by atoms with E-state index in [0.29, 0.717) is 0 Å². The Kier molecular flexibility index (Phi) is 5.83. The molecule has 4 heteroatoms. The predicted molar refractivity (Wildman–Crippen MR) is 82.1 cm³/mol. The summed E-state index contributed by atoms with van der Waals surface area (Å²) in [7, 11) is 2.10. The molecule has 4 nitrogen and oxygen atoms in total. The summed E-state index contributed by atoms with van der Waals surface area (Å²) in [6.07, 6.45) is 0.601. The standard InChI is InChI=1S/C16H26N2O2/c1-14(19)7-8-17(2)13-15-3-5-16(6-4-15)18-9-11-20-12-10-18/h3-6,14,19H,7-13H2,1-2H3. The Morgan fingerprint density at radius 2 is 1.90 bits per heavy atom. The van der Waals surface area contributed by atoms with Crippen LogP contribution in [0.4, 0.5) is 5.69 Å². The van der Waals surface area contributed by atoms with E-state index in [-0.39, 0.29) is 6.10 Å². The first kappa shape index (κ1) is 15.3. The number of hydrogen-bond acceptors (Lipinski definition) is 4. The number of aliphatic hydroxyl groups is 1. The summed E-state index contributed by atoms with van der Waals surface area (Å²) in [5.41, 5.74) is 2.60. The van der Waals surface area contributed by atoms with E-state index in [4.69, 9.17) is 4.74 Å². The minimum atomic E-state index is -0.221. The van der Waals surface area contributed by atoms with Crippen molar-refractivity contribution in [1.82, 2.24) is 4.90 Å². The zero-order valence-electron chi connectivity index (χ0n) is 12.6. The minimum absolute atomic E-state index is 0.221. The maximum atomic E-state index is 9.31. The predicted octanol–water partition coefficient (Wildman–Crippen LogP) is 1.73. The Bertz CT molecular complexity index is 386. The summed E-state index contributed by atoms with van der Waals surface area (Å²) >= 11 is 0. The normalized spacial score (nSPS) is 17.5. The van der Waals surface area contributed by atoms with Gasteiger partial charge < -0.3 is 19.6 Å². The molecule has 112 valence electrons. The maximum Gasteiger partial charge on any atom is 0.0642 e. The van der Waals surface area contributed by atoms with Crippen LogP contribution >= 0.6 is 0 Å². The van der Waals surface area contributed by atoms with E-state index >= 15 is 0 Å². The van der Waals surface area contributed by atoms with Crippen LogP contribution in [-0.4, -0.2) is 56.0 Å². The van der Waals surface area contributed by atoms with E-state index < -0.39 is 0 Å². The Balaban J connectivity index is 1.84. The van der Waals surface area contributed by atoms with Crippen molar-refractivity contribution in [2.45, 2.75) is 26.0 Å². The second-order valence-electron chi connectivity index (χ2n) is 5.64. The first-order valence-electron chi connectivity index (χ1n) is 7.43. The van der Waals surface area contributed by atoms with Crippen LogP contribution in [0.5, 0.6) is 0 Å². The van der Waals surface area contributed by atoms with Crippen molar-refractivity contribution in [3.8, 4) is 0 Å². The molecule has 1 saturated heterocycles. The van der Waals surface area contributed by atoms with Gasteiger partial charge in [-0.2, -0.15) is 0 Å². The molecule has 0 amide bonds. The van der Waals surface area contributed by atoms with E-state index in [0.717, 1.165) is 45.8 Å². The number of aliphatic hydroxyl groups excluding tert-OH is 1. The Morgan fingerprint density at radius 3 is 2.50 bits per heavy atom. The van der Waals surface area contributed by atoms with Gasteiger partial charge in [-0.05, 0) is 38.1 Å². The van der Waals surface area contributed by atoms with Gasteiger partial charge in [-0.1, -0.05) is 12.1 Å². The van der Waals surface area contributed by atoms with Gasteiger partial charge in [-0.25, -0.2) is 0 Å². The minimum Gasteiger partial charge on any atom is -0.393 e. The van der Waals surface area contributed by atoms with Crippen LogP contribution in [0.25, 0.3) is 0 Å². The molecular formula is C16H26N2O2. The molecule has 1 N–H and O–H groups in total. The number of hydrogen-bond donors (Lipinski definition) is 1. The lowest BCUT2D eigenvalue weighted by Gasteiger charge is -2.29. The van der Waals surface area contributed by atoms with Gasteiger partial charge in [0.1, 0.15) is 0 Å². The first-order valence-corrected chi connectivity index (χ1v) is 7.43. The zero-order valence-corrected chi connectivity index (χ0v) is 12.6. The van der Waals surface area contributed by atoms with E-state index in [9.17, 15) is 5.11 Å². The molecule has 20 heavy (non-hydrogen) atoms. The van der Waals surface area contributed by atoms with Gasteiger partial charge in [0.25, 0.3) is 0 Å². The first-order chi connectivity index (χ1) is 9.65. The maximum absolute atomic E-state index is 9.31. The lowest BCUT2D eigenvalue weighted by molar-refractivity contribution is 0.122. The van der Waals surface area contributed by atoms with E-state index in [1.807, 2.05) is 6.92 Å². The van der Waals surface area contributed by atoms with Crippen molar-refractivity contribution in [2.75, 3.05) is 44.8 Å². The molecule has 1 aliphatic rings. The van der Waals surface area contributed by atoms with Gasteiger partial charge in [0.05, 0.1) is 19.3 Å². The number of ether oxygens (including phenoxy) is 1. The largest absolute Gasteiger partial charge is 0.393 e. The fourth-order valence-electron chi connectivity index (χ4n) is 2.43.